The molecule has 66 valence electrons. The molecule has 13 heavy (non-hydrogen) atoms. The van der Waals surface area contributed by atoms with Gasteiger partial charge in [-0.05, 0) is 27.7 Å². The molecule has 0 unspecified atom stereocenters. The predicted octanol–water partition coefficient (Wildman–Crippen LogP) is 1.30. The van der Waals surface area contributed by atoms with Gasteiger partial charge < -0.3 is 0 Å². The molecule has 0 aliphatic heterocycles. The molecule has 1 saturated carbocycles. The maximum absolute atomic E-state index is 10.8. The van der Waals surface area contributed by atoms with E-state index in [0.29, 0.717) is 6.42 Å². The fraction of sp³-hybridized carbons (Fsp3) is 0.600. The highest BCUT2D eigenvalue weighted by molar-refractivity contribution is 5.93. The molecule has 1 aliphatic rings. The van der Waals surface area contributed by atoms with E-state index in [1.165, 1.54) is 0 Å². The lowest BCUT2D eigenvalue weighted by Crippen LogP contribution is -2.03. The molecule has 1 fully saturated rings. The van der Waals surface area contributed by atoms with E-state index in [1.54, 1.807) is 0 Å². The summed E-state index contributed by atoms with van der Waals surface area (Å²) >= 11 is 0. The van der Waals surface area contributed by atoms with Crippen molar-refractivity contribution in [3.63, 3.8) is 0 Å². The minimum Gasteiger partial charge on any atom is -0.292 e. The van der Waals surface area contributed by atoms with Crippen molar-refractivity contribution in [2.75, 3.05) is 0 Å². The van der Waals surface area contributed by atoms with Gasteiger partial charge in [0.2, 0.25) is 11.8 Å². The van der Waals surface area contributed by atoms with Gasteiger partial charge in [-0.25, -0.2) is 0 Å². The van der Waals surface area contributed by atoms with Crippen LogP contribution in [0.3, 0.4) is 0 Å². The fourth-order valence-electron chi connectivity index (χ4n) is 0.977. The maximum atomic E-state index is 10.8. The molecule has 0 saturated heterocycles. The molecule has 0 radical (unpaired) electrons. The first kappa shape index (κ1) is 9.05. The van der Waals surface area contributed by atoms with E-state index in [-0.39, 0.29) is 0 Å². The van der Waals surface area contributed by atoms with Gasteiger partial charge in [0.05, 0.1) is 0 Å². The number of rotatable bonds is 2. The van der Waals surface area contributed by atoms with Gasteiger partial charge in [0.1, 0.15) is 0 Å². The highest BCUT2D eigenvalue weighted by Gasteiger charge is 2.46. The number of azide groups is 2. The Balaban J connectivity index is 2.55. The van der Waals surface area contributed by atoms with Crippen LogP contribution in [-0.2, 0) is 9.59 Å². The summed E-state index contributed by atoms with van der Waals surface area (Å²) in [4.78, 5) is 26.2. The second-order valence-electron chi connectivity index (χ2n) is 2.50. The molecule has 2 atom stereocenters. The number of carbonyl (C=O) groups excluding carboxylic acids is 2. The topological polar surface area (TPSA) is 132 Å². The van der Waals surface area contributed by atoms with Crippen LogP contribution in [0.25, 0.3) is 20.9 Å². The Labute approximate surface area is 71.8 Å². The smallest absolute Gasteiger partial charge is 0.222 e. The summed E-state index contributed by atoms with van der Waals surface area (Å²) in [5, 5.41) is 5.67. The Kier molecular flexibility index (Phi) is 2.49. The van der Waals surface area contributed by atoms with Crippen LogP contribution < -0.4 is 0 Å². The normalized spacial score (nSPS) is 23.7. The van der Waals surface area contributed by atoms with E-state index >= 15 is 0 Å². The standard InChI is InChI=1S/C5H4N6O2/c6-10-8-4(12)2-1-3(2)5(13)9-11-7/h2-3H,1H2/t2-,3-/m1/s1. The van der Waals surface area contributed by atoms with E-state index in [0.717, 1.165) is 0 Å². The van der Waals surface area contributed by atoms with Gasteiger partial charge in [-0.1, -0.05) is 0 Å². The summed E-state index contributed by atoms with van der Waals surface area (Å²) in [6, 6.07) is 0. The van der Waals surface area contributed by atoms with E-state index in [1.807, 2.05) is 0 Å². The number of amides is 2. The zero-order valence-corrected chi connectivity index (χ0v) is 6.36. The molecular formula is C5H4N6O2. The van der Waals surface area contributed by atoms with Gasteiger partial charge in [-0.15, -0.1) is 0 Å². The van der Waals surface area contributed by atoms with Crippen molar-refractivity contribution in [2.45, 2.75) is 6.42 Å². The molecule has 0 N–H and O–H groups in total. The molecule has 0 heterocycles. The fourth-order valence-corrected chi connectivity index (χ4v) is 0.977. The summed E-state index contributed by atoms with van der Waals surface area (Å²) in [6.45, 7) is 0. The minimum absolute atomic E-state index is 0.301. The Hall–Kier alpha value is -2.04. The molecule has 0 aromatic carbocycles. The third kappa shape index (κ3) is 1.96. The summed E-state index contributed by atoms with van der Waals surface area (Å²) < 4.78 is 0. The summed E-state index contributed by atoms with van der Waals surface area (Å²) in [5.41, 5.74) is 15.8. The average molecular weight is 180 g/mol. The van der Waals surface area contributed by atoms with Crippen LogP contribution in [0.4, 0.5) is 0 Å². The molecule has 0 aromatic rings. The number of hydrogen-bond donors (Lipinski definition) is 0. The first-order chi connectivity index (χ1) is 6.20. The Bertz CT molecular complexity index is 316. The summed E-state index contributed by atoms with van der Waals surface area (Å²) in [5.74, 6) is -2.52. The van der Waals surface area contributed by atoms with Crippen LogP contribution in [0.1, 0.15) is 6.42 Å². The third-order valence-corrected chi connectivity index (χ3v) is 1.71. The highest BCUT2D eigenvalue weighted by atomic mass is 16.2. The SMILES string of the molecule is [N-]=[N+]=NC(=O)[C@@H]1C[C@H]1C(=O)N=[N+]=[N-]. The van der Waals surface area contributed by atoms with Crippen molar-refractivity contribution in [1.29, 1.82) is 0 Å². The van der Waals surface area contributed by atoms with Gasteiger partial charge in [0.15, 0.2) is 0 Å². The molecule has 0 aromatic heterocycles. The first-order valence-corrected chi connectivity index (χ1v) is 3.38. The Morgan fingerprint density at radius 1 is 1.08 bits per heavy atom. The van der Waals surface area contributed by atoms with Crippen LogP contribution in [0, 0.1) is 11.8 Å². The zero-order chi connectivity index (χ0) is 9.84. The van der Waals surface area contributed by atoms with Crippen LogP contribution in [0.2, 0.25) is 0 Å². The van der Waals surface area contributed by atoms with Gasteiger partial charge in [-0.3, -0.25) is 9.59 Å². The lowest BCUT2D eigenvalue weighted by Gasteiger charge is -1.86. The van der Waals surface area contributed by atoms with Gasteiger partial charge in [0, 0.05) is 21.7 Å². The summed E-state index contributed by atoms with van der Waals surface area (Å²) in [7, 11) is 0. The van der Waals surface area contributed by atoms with Crippen molar-refractivity contribution >= 4 is 11.8 Å². The first-order valence-electron chi connectivity index (χ1n) is 3.38. The van der Waals surface area contributed by atoms with E-state index in [4.69, 9.17) is 11.1 Å². The van der Waals surface area contributed by atoms with Crippen molar-refractivity contribution in [1.82, 2.24) is 0 Å². The molecule has 8 nitrogen and oxygen atoms in total. The lowest BCUT2D eigenvalue weighted by atomic mass is 10.3. The third-order valence-electron chi connectivity index (χ3n) is 1.71. The van der Waals surface area contributed by atoms with Crippen LogP contribution in [-0.4, -0.2) is 11.8 Å². The second kappa shape index (κ2) is 3.57. The van der Waals surface area contributed by atoms with Crippen LogP contribution >= 0.6 is 0 Å². The Morgan fingerprint density at radius 2 is 1.46 bits per heavy atom. The average Bonchev–Trinajstić information content (AvgIpc) is 2.84. The molecule has 8 heteroatoms. The number of nitrogens with zero attached hydrogens (tertiary/aromatic N) is 6. The van der Waals surface area contributed by atoms with Crippen LogP contribution in [0.15, 0.2) is 10.2 Å². The molecular weight excluding hydrogens is 176 g/mol. The van der Waals surface area contributed by atoms with Crippen molar-refractivity contribution < 1.29 is 9.59 Å². The lowest BCUT2D eigenvalue weighted by molar-refractivity contribution is -0.123. The highest BCUT2D eigenvalue weighted by Crippen LogP contribution is 2.40. The van der Waals surface area contributed by atoms with Crippen molar-refractivity contribution in [2.24, 2.45) is 22.1 Å². The molecule has 1 aliphatic carbocycles. The van der Waals surface area contributed by atoms with Gasteiger partial charge in [-0.2, -0.15) is 0 Å². The maximum Gasteiger partial charge on any atom is 0.222 e. The van der Waals surface area contributed by atoms with Crippen molar-refractivity contribution in [3.8, 4) is 0 Å². The second-order valence-corrected chi connectivity index (χ2v) is 2.50. The van der Waals surface area contributed by atoms with Crippen LogP contribution in [0.5, 0.6) is 0 Å². The van der Waals surface area contributed by atoms with E-state index in [2.05, 4.69) is 20.1 Å². The largest absolute Gasteiger partial charge is 0.292 e. The number of hydrogen-bond acceptors (Lipinski definition) is 2. The zero-order valence-electron chi connectivity index (χ0n) is 6.36. The molecule has 0 spiro atoms. The van der Waals surface area contributed by atoms with Crippen molar-refractivity contribution in [3.05, 3.63) is 20.9 Å². The van der Waals surface area contributed by atoms with Gasteiger partial charge >= 0.3 is 0 Å². The minimum atomic E-state index is -0.672. The van der Waals surface area contributed by atoms with E-state index < -0.39 is 23.7 Å². The molecule has 0 bridgehead atoms. The predicted molar refractivity (Wildman–Crippen MR) is 39.9 cm³/mol. The summed E-state index contributed by atoms with van der Waals surface area (Å²) in [6.07, 6.45) is 0.301. The molecule has 1 rings (SSSR count). The number of carbonyl (C=O) groups is 2. The van der Waals surface area contributed by atoms with Gasteiger partial charge in [0.25, 0.3) is 0 Å². The van der Waals surface area contributed by atoms with E-state index in [9.17, 15) is 9.59 Å². The Morgan fingerprint density at radius 3 is 1.77 bits per heavy atom. The molecule has 2 amide bonds. The quantitative estimate of drug-likeness (QED) is 0.360. The monoisotopic (exact) mass is 180 g/mol.